The zero-order valence-electron chi connectivity index (χ0n) is 14.2. The summed E-state index contributed by atoms with van der Waals surface area (Å²) in [6, 6.07) is -0.518. The number of ether oxygens (including phenoxy) is 2. The van der Waals surface area contributed by atoms with Crippen molar-refractivity contribution in [1.82, 2.24) is 19.7 Å². The normalized spacial score (nSPS) is 17.6. The maximum atomic E-state index is 11.9. The Morgan fingerprint density at radius 3 is 2.87 bits per heavy atom. The van der Waals surface area contributed by atoms with E-state index in [1.807, 2.05) is 32.7 Å². The SMILES string of the molecule is CC.COC(=O)[C@@H]1COCCN1c1ncc2c(C)nn(C)c2n1. The number of fused-ring (bicyclic) bond motifs is 1. The van der Waals surface area contributed by atoms with Gasteiger partial charge in [-0.1, -0.05) is 13.8 Å². The summed E-state index contributed by atoms with van der Waals surface area (Å²) >= 11 is 0. The second-order valence-corrected chi connectivity index (χ2v) is 4.92. The van der Waals surface area contributed by atoms with Gasteiger partial charge in [0, 0.05) is 19.8 Å². The third-order valence-corrected chi connectivity index (χ3v) is 3.61. The average Bonchev–Trinajstić information content (AvgIpc) is 2.90. The first kappa shape index (κ1) is 17.1. The van der Waals surface area contributed by atoms with Gasteiger partial charge >= 0.3 is 5.97 Å². The molecule has 8 nitrogen and oxygen atoms in total. The van der Waals surface area contributed by atoms with Crippen molar-refractivity contribution in [2.75, 3.05) is 31.8 Å². The lowest BCUT2D eigenvalue weighted by atomic mass is 10.2. The molecule has 3 rings (SSSR count). The predicted octanol–water partition coefficient (Wildman–Crippen LogP) is 1.08. The number of rotatable bonds is 2. The smallest absolute Gasteiger partial charge is 0.331 e. The number of aromatic nitrogens is 4. The number of hydrogen-bond donors (Lipinski definition) is 0. The Balaban J connectivity index is 0.000000924. The van der Waals surface area contributed by atoms with Crippen molar-refractivity contribution < 1.29 is 14.3 Å². The molecule has 0 aliphatic carbocycles. The largest absolute Gasteiger partial charge is 0.467 e. The van der Waals surface area contributed by atoms with Crippen molar-refractivity contribution in [3.8, 4) is 0 Å². The van der Waals surface area contributed by atoms with Crippen LogP contribution in [0, 0.1) is 6.92 Å². The molecule has 3 heterocycles. The molecular formula is C15H23N5O3. The number of carbonyl (C=O) groups is 1. The third kappa shape index (κ3) is 3.26. The first-order valence-electron chi connectivity index (χ1n) is 7.70. The van der Waals surface area contributed by atoms with Crippen molar-refractivity contribution in [3.05, 3.63) is 11.9 Å². The molecule has 0 unspecified atom stereocenters. The average molecular weight is 321 g/mol. The Bertz CT molecular complexity index is 685. The van der Waals surface area contributed by atoms with Crippen LogP contribution < -0.4 is 4.90 Å². The Hall–Kier alpha value is -2.22. The van der Waals surface area contributed by atoms with Crippen LogP contribution in [0.5, 0.6) is 0 Å². The van der Waals surface area contributed by atoms with Crippen molar-refractivity contribution in [2.45, 2.75) is 26.8 Å². The minimum atomic E-state index is -0.518. The Morgan fingerprint density at radius 1 is 1.43 bits per heavy atom. The second-order valence-electron chi connectivity index (χ2n) is 4.92. The van der Waals surface area contributed by atoms with Gasteiger partial charge < -0.3 is 14.4 Å². The molecule has 1 aliphatic heterocycles. The lowest BCUT2D eigenvalue weighted by molar-refractivity contribution is -0.144. The lowest BCUT2D eigenvalue weighted by Crippen LogP contribution is -2.51. The standard InChI is InChI=1S/C13H17N5O3.C2H6/c1-8-9-6-14-13(15-11(9)17(2)16-8)18-4-5-21-7-10(18)12(19)20-3;1-2/h6,10H,4-5,7H2,1-3H3;1-2H3/t10-;/m0./s1. The molecule has 23 heavy (non-hydrogen) atoms. The van der Waals surface area contributed by atoms with Crippen LogP contribution in [0.1, 0.15) is 19.5 Å². The molecule has 126 valence electrons. The summed E-state index contributed by atoms with van der Waals surface area (Å²) in [5.74, 6) is 0.142. The van der Waals surface area contributed by atoms with Gasteiger partial charge in [0.15, 0.2) is 11.7 Å². The quantitative estimate of drug-likeness (QED) is 0.765. The molecule has 0 amide bonds. The summed E-state index contributed by atoms with van der Waals surface area (Å²) in [7, 11) is 3.20. The summed E-state index contributed by atoms with van der Waals surface area (Å²) in [5, 5.41) is 5.23. The van der Waals surface area contributed by atoms with Gasteiger partial charge in [-0.25, -0.2) is 9.78 Å². The van der Waals surface area contributed by atoms with Crippen LogP contribution in [-0.4, -0.2) is 58.6 Å². The third-order valence-electron chi connectivity index (χ3n) is 3.61. The minimum absolute atomic E-state index is 0.276. The second kappa shape index (κ2) is 7.36. The number of anilines is 1. The van der Waals surface area contributed by atoms with Crippen molar-refractivity contribution in [1.29, 1.82) is 0 Å². The summed E-state index contributed by atoms with van der Waals surface area (Å²) in [6.45, 7) is 7.26. The number of methoxy groups -OCH3 is 1. The van der Waals surface area contributed by atoms with Gasteiger partial charge in [0.2, 0.25) is 5.95 Å². The molecule has 0 bridgehead atoms. The molecule has 0 aromatic carbocycles. The monoisotopic (exact) mass is 321 g/mol. The van der Waals surface area contributed by atoms with Crippen molar-refractivity contribution >= 4 is 23.0 Å². The van der Waals surface area contributed by atoms with Crippen LogP contribution in [0.15, 0.2) is 6.20 Å². The van der Waals surface area contributed by atoms with E-state index in [-0.39, 0.29) is 12.6 Å². The van der Waals surface area contributed by atoms with E-state index in [1.165, 1.54) is 7.11 Å². The summed E-state index contributed by atoms with van der Waals surface area (Å²) in [6.07, 6.45) is 1.74. The highest BCUT2D eigenvalue weighted by Crippen LogP contribution is 2.20. The van der Waals surface area contributed by atoms with Crippen molar-refractivity contribution in [2.24, 2.45) is 7.05 Å². The summed E-state index contributed by atoms with van der Waals surface area (Å²) < 4.78 is 11.9. The zero-order chi connectivity index (χ0) is 17.0. The fourth-order valence-corrected chi connectivity index (χ4v) is 2.50. The number of aryl methyl sites for hydroxylation is 2. The van der Waals surface area contributed by atoms with Gasteiger partial charge in [-0.3, -0.25) is 4.68 Å². The van der Waals surface area contributed by atoms with Crippen LogP contribution in [0.2, 0.25) is 0 Å². The molecule has 1 aliphatic rings. The molecule has 8 heteroatoms. The molecule has 2 aromatic heterocycles. The molecular weight excluding hydrogens is 298 g/mol. The van der Waals surface area contributed by atoms with Crippen LogP contribution in [0.4, 0.5) is 5.95 Å². The molecule has 0 spiro atoms. The Kier molecular flexibility index (Phi) is 5.49. The van der Waals surface area contributed by atoms with E-state index in [0.29, 0.717) is 19.1 Å². The summed E-state index contributed by atoms with van der Waals surface area (Å²) in [4.78, 5) is 22.6. The maximum absolute atomic E-state index is 11.9. The summed E-state index contributed by atoms with van der Waals surface area (Å²) in [5.41, 5.74) is 1.62. The maximum Gasteiger partial charge on any atom is 0.331 e. The van der Waals surface area contributed by atoms with E-state index in [4.69, 9.17) is 9.47 Å². The van der Waals surface area contributed by atoms with Gasteiger partial charge in [-0.05, 0) is 6.92 Å². The van der Waals surface area contributed by atoms with E-state index in [1.54, 1.807) is 10.9 Å². The lowest BCUT2D eigenvalue weighted by Gasteiger charge is -2.33. The fourth-order valence-electron chi connectivity index (χ4n) is 2.50. The van der Waals surface area contributed by atoms with E-state index >= 15 is 0 Å². The highest BCUT2D eigenvalue weighted by Gasteiger charge is 2.32. The fraction of sp³-hybridized carbons (Fsp3) is 0.600. The van der Waals surface area contributed by atoms with E-state index < -0.39 is 6.04 Å². The van der Waals surface area contributed by atoms with Crippen LogP contribution in [0.3, 0.4) is 0 Å². The van der Waals surface area contributed by atoms with Gasteiger partial charge in [0.1, 0.15) is 0 Å². The number of nitrogens with zero attached hydrogens (tertiary/aromatic N) is 5. The molecule has 0 N–H and O–H groups in total. The minimum Gasteiger partial charge on any atom is -0.467 e. The number of carbonyl (C=O) groups excluding carboxylic acids is 1. The Morgan fingerprint density at radius 2 is 2.17 bits per heavy atom. The van der Waals surface area contributed by atoms with E-state index in [9.17, 15) is 4.79 Å². The van der Waals surface area contributed by atoms with Crippen LogP contribution in [0.25, 0.3) is 11.0 Å². The number of hydrogen-bond acceptors (Lipinski definition) is 7. The van der Waals surface area contributed by atoms with Crippen LogP contribution in [-0.2, 0) is 21.3 Å². The van der Waals surface area contributed by atoms with Gasteiger partial charge in [0.25, 0.3) is 0 Å². The first-order chi connectivity index (χ1) is 11.1. The van der Waals surface area contributed by atoms with Gasteiger partial charge in [-0.15, -0.1) is 0 Å². The number of esters is 1. The highest BCUT2D eigenvalue weighted by molar-refractivity contribution is 5.81. The molecule has 1 atom stereocenters. The molecule has 1 saturated heterocycles. The van der Waals surface area contributed by atoms with Gasteiger partial charge in [0.05, 0.1) is 31.4 Å². The predicted molar refractivity (Wildman–Crippen MR) is 86.4 cm³/mol. The molecule has 2 aromatic rings. The van der Waals surface area contributed by atoms with Crippen LogP contribution >= 0.6 is 0 Å². The van der Waals surface area contributed by atoms with E-state index in [0.717, 1.165) is 16.7 Å². The number of morpholine rings is 1. The molecule has 1 fully saturated rings. The molecule has 0 saturated carbocycles. The Labute approximate surface area is 135 Å². The first-order valence-corrected chi connectivity index (χ1v) is 7.70. The van der Waals surface area contributed by atoms with E-state index in [2.05, 4.69) is 15.1 Å². The highest BCUT2D eigenvalue weighted by atomic mass is 16.5. The topological polar surface area (TPSA) is 82.4 Å². The van der Waals surface area contributed by atoms with Gasteiger partial charge in [-0.2, -0.15) is 10.1 Å². The van der Waals surface area contributed by atoms with Crippen molar-refractivity contribution in [3.63, 3.8) is 0 Å². The zero-order valence-corrected chi connectivity index (χ0v) is 14.2. The molecule has 0 radical (unpaired) electrons.